The van der Waals surface area contributed by atoms with Gasteiger partial charge < -0.3 is 9.52 Å². The maximum Gasteiger partial charge on any atom is 0.209 e. The second-order valence-electron chi connectivity index (χ2n) is 5.35. The van der Waals surface area contributed by atoms with E-state index in [1.54, 1.807) is 6.07 Å². The Hall–Kier alpha value is -1.46. The highest BCUT2D eigenvalue weighted by molar-refractivity contribution is 5.72. The van der Waals surface area contributed by atoms with Gasteiger partial charge in [-0.2, -0.15) is 0 Å². The van der Waals surface area contributed by atoms with E-state index in [1.807, 2.05) is 0 Å². The smallest absolute Gasteiger partial charge is 0.209 e. The molecule has 20 heavy (non-hydrogen) atoms. The zero-order valence-electron chi connectivity index (χ0n) is 11.4. The van der Waals surface area contributed by atoms with Crippen LogP contribution in [0.25, 0.3) is 11.1 Å². The lowest BCUT2D eigenvalue weighted by Crippen LogP contribution is -2.27. The number of aliphatic hydroxyl groups is 1. The summed E-state index contributed by atoms with van der Waals surface area (Å²) in [5.74, 6) is 0.337. The number of hydrogen-bond donors (Lipinski definition) is 1. The highest BCUT2D eigenvalue weighted by Gasteiger charge is 2.29. The Morgan fingerprint density at radius 1 is 1.35 bits per heavy atom. The molecule has 0 amide bonds. The number of aliphatic hydroxyl groups excluding tert-OH is 1. The number of halogens is 1. The highest BCUT2D eigenvalue weighted by Crippen LogP contribution is 2.29. The molecule has 5 heteroatoms. The third-order valence-electron chi connectivity index (χ3n) is 3.65. The number of benzene rings is 1. The summed E-state index contributed by atoms with van der Waals surface area (Å²) in [6, 6.07) is 5.03. The van der Waals surface area contributed by atoms with Crippen molar-refractivity contribution in [2.45, 2.75) is 38.3 Å². The zero-order valence-corrected chi connectivity index (χ0v) is 11.4. The first kappa shape index (κ1) is 13.5. The molecule has 0 spiro atoms. The van der Waals surface area contributed by atoms with Gasteiger partial charge in [-0.1, -0.05) is 0 Å². The monoisotopic (exact) mass is 278 g/mol. The summed E-state index contributed by atoms with van der Waals surface area (Å²) in [5, 5.41) is 8.86. The number of rotatable bonds is 7. The maximum atomic E-state index is 13.1. The van der Waals surface area contributed by atoms with Crippen LogP contribution in [-0.4, -0.2) is 34.2 Å². The Morgan fingerprint density at radius 3 is 2.95 bits per heavy atom. The molecule has 0 aliphatic heterocycles. The molecular formula is C15H19FN2O2. The van der Waals surface area contributed by atoms with Crippen molar-refractivity contribution >= 4 is 11.1 Å². The lowest BCUT2D eigenvalue weighted by molar-refractivity contribution is 0.213. The molecule has 1 N–H and O–H groups in total. The standard InChI is InChI=1S/C15H19FN2O2/c16-11-3-6-13-14(9-11)20-15(17-13)10-18(12-4-5-12)7-1-2-8-19/h3,6,9,12,19H,1-2,4-5,7-8,10H2. The molecule has 2 aromatic rings. The largest absolute Gasteiger partial charge is 0.439 e. The van der Waals surface area contributed by atoms with E-state index in [1.165, 1.54) is 25.0 Å². The molecule has 1 aliphatic carbocycles. The Labute approximate surface area is 117 Å². The van der Waals surface area contributed by atoms with Crippen LogP contribution in [0.1, 0.15) is 31.6 Å². The van der Waals surface area contributed by atoms with Gasteiger partial charge in [-0.15, -0.1) is 0 Å². The van der Waals surface area contributed by atoms with Crippen molar-refractivity contribution in [1.29, 1.82) is 0 Å². The fourth-order valence-corrected chi connectivity index (χ4v) is 2.44. The number of oxazole rings is 1. The molecule has 1 aliphatic rings. The van der Waals surface area contributed by atoms with E-state index in [0.29, 0.717) is 29.6 Å². The van der Waals surface area contributed by atoms with Gasteiger partial charge in [0, 0.05) is 18.7 Å². The van der Waals surface area contributed by atoms with E-state index in [2.05, 4.69) is 9.88 Å². The minimum atomic E-state index is -0.304. The van der Waals surface area contributed by atoms with Crippen LogP contribution in [0.5, 0.6) is 0 Å². The average Bonchev–Trinajstić information content (AvgIpc) is 3.19. The van der Waals surface area contributed by atoms with Gasteiger partial charge in [-0.05, 0) is 44.4 Å². The quantitative estimate of drug-likeness (QED) is 0.791. The molecule has 0 unspecified atom stereocenters. The predicted molar refractivity (Wildman–Crippen MR) is 73.7 cm³/mol. The van der Waals surface area contributed by atoms with E-state index in [-0.39, 0.29) is 12.4 Å². The second-order valence-corrected chi connectivity index (χ2v) is 5.35. The molecule has 4 nitrogen and oxygen atoms in total. The average molecular weight is 278 g/mol. The second kappa shape index (κ2) is 5.89. The van der Waals surface area contributed by atoms with Crippen LogP contribution in [0, 0.1) is 5.82 Å². The van der Waals surface area contributed by atoms with Crippen molar-refractivity contribution in [3.63, 3.8) is 0 Å². The molecular weight excluding hydrogens is 259 g/mol. The molecule has 1 fully saturated rings. The topological polar surface area (TPSA) is 49.5 Å². The molecule has 1 saturated carbocycles. The summed E-state index contributed by atoms with van der Waals surface area (Å²) in [6.07, 6.45) is 4.23. The number of fused-ring (bicyclic) bond motifs is 1. The van der Waals surface area contributed by atoms with Gasteiger partial charge in [0.15, 0.2) is 5.58 Å². The van der Waals surface area contributed by atoms with Gasteiger partial charge in [0.05, 0.1) is 6.54 Å². The molecule has 1 aromatic heterocycles. The Bertz CT molecular complexity index is 580. The van der Waals surface area contributed by atoms with Gasteiger partial charge in [-0.3, -0.25) is 4.90 Å². The van der Waals surface area contributed by atoms with Crippen molar-refractivity contribution in [3.05, 3.63) is 29.9 Å². The molecule has 0 saturated heterocycles. The van der Waals surface area contributed by atoms with Crippen LogP contribution < -0.4 is 0 Å². The van der Waals surface area contributed by atoms with Crippen LogP contribution in [0.3, 0.4) is 0 Å². The van der Waals surface area contributed by atoms with Crippen LogP contribution in [0.4, 0.5) is 4.39 Å². The first-order valence-corrected chi connectivity index (χ1v) is 7.16. The highest BCUT2D eigenvalue weighted by atomic mass is 19.1. The van der Waals surface area contributed by atoms with E-state index in [4.69, 9.17) is 9.52 Å². The predicted octanol–water partition coefficient (Wildman–Crippen LogP) is 2.70. The van der Waals surface area contributed by atoms with Gasteiger partial charge >= 0.3 is 0 Å². The van der Waals surface area contributed by atoms with E-state index in [0.717, 1.165) is 19.4 Å². The molecule has 1 heterocycles. The summed E-state index contributed by atoms with van der Waals surface area (Å²) in [4.78, 5) is 6.75. The third-order valence-corrected chi connectivity index (χ3v) is 3.65. The first-order chi connectivity index (χ1) is 9.76. The molecule has 0 atom stereocenters. The number of unbranched alkanes of at least 4 members (excludes halogenated alkanes) is 1. The zero-order chi connectivity index (χ0) is 13.9. The summed E-state index contributed by atoms with van der Waals surface area (Å²) in [6.45, 7) is 1.84. The van der Waals surface area contributed by atoms with Gasteiger partial charge in [0.25, 0.3) is 0 Å². The summed E-state index contributed by atoms with van der Waals surface area (Å²) >= 11 is 0. The number of aromatic nitrogens is 1. The maximum absolute atomic E-state index is 13.1. The van der Waals surface area contributed by atoms with Gasteiger partial charge in [0.2, 0.25) is 5.89 Å². The SMILES string of the molecule is OCCCCN(Cc1nc2ccc(F)cc2o1)C1CC1. The first-order valence-electron chi connectivity index (χ1n) is 7.16. The van der Waals surface area contributed by atoms with E-state index < -0.39 is 0 Å². The van der Waals surface area contributed by atoms with Crippen molar-refractivity contribution in [1.82, 2.24) is 9.88 Å². The van der Waals surface area contributed by atoms with Crippen LogP contribution in [0.2, 0.25) is 0 Å². The number of hydrogen-bond acceptors (Lipinski definition) is 4. The van der Waals surface area contributed by atoms with E-state index >= 15 is 0 Å². The molecule has 1 aromatic carbocycles. The fourth-order valence-electron chi connectivity index (χ4n) is 2.44. The van der Waals surface area contributed by atoms with Crippen molar-refractivity contribution < 1.29 is 13.9 Å². The Balaban J connectivity index is 1.69. The van der Waals surface area contributed by atoms with Crippen molar-refractivity contribution in [2.24, 2.45) is 0 Å². The molecule has 3 rings (SSSR count). The van der Waals surface area contributed by atoms with Crippen molar-refractivity contribution in [2.75, 3.05) is 13.2 Å². The van der Waals surface area contributed by atoms with Crippen LogP contribution >= 0.6 is 0 Å². The fraction of sp³-hybridized carbons (Fsp3) is 0.533. The summed E-state index contributed by atoms with van der Waals surface area (Å²) in [7, 11) is 0. The van der Waals surface area contributed by atoms with Gasteiger partial charge in [0.1, 0.15) is 11.3 Å². The lowest BCUT2D eigenvalue weighted by Gasteiger charge is -2.19. The van der Waals surface area contributed by atoms with Crippen LogP contribution in [-0.2, 0) is 6.54 Å². The lowest BCUT2D eigenvalue weighted by atomic mass is 10.3. The third kappa shape index (κ3) is 3.16. The van der Waals surface area contributed by atoms with Crippen molar-refractivity contribution in [3.8, 4) is 0 Å². The molecule has 0 bridgehead atoms. The van der Waals surface area contributed by atoms with Crippen LogP contribution in [0.15, 0.2) is 22.6 Å². The number of nitrogens with zero attached hydrogens (tertiary/aromatic N) is 2. The minimum Gasteiger partial charge on any atom is -0.439 e. The normalized spacial score (nSPS) is 15.3. The molecule has 108 valence electrons. The summed E-state index contributed by atoms with van der Waals surface area (Å²) < 4.78 is 18.8. The van der Waals surface area contributed by atoms with E-state index in [9.17, 15) is 4.39 Å². The minimum absolute atomic E-state index is 0.237. The summed E-state index contributed by atoms with van der Waals surface area (Å²) in [5.41, 5.74) is 1.21. The Kier molecular flexibility index (Phi) is 3.98. The Morgan fingerprint density at radius 2 is 2.20 bits per heavy atom. The molecule has 0 radical (unpaired) electrons. The van der Waals surface area contributed by atoms with Gasteiger partial charge in [-0.25, -0.2) is 9.37 Å².